The highest BCUT2D eigenvalue weighted by atomic mass is 32.2. The van der Waals surface area contributed by atoms with Crippen LogP contribution in [-0.4, -0.2) is 29.3 Å². The third-order valence-electron chi connectivity index (χ3n) is 4.58. The van der Waals surface area contributed by atoms with E-state index in [1.165, 1.54) is 24.2 Å². The van der Waals surface area contributed by atoms with Crippen LogP contribution in [0.15, 0.2) is 24.3 Å². The van der Waals surface area contributed by atoms with Crippen LogP contribution < -0.4 is 5.32 Å². The van der Waals surface area contributed by atoms with Gasteiger partial charge in [0.2, 0.25) is 0 Å². The van der Waals surface area contributed by atoms with E-state index in [0.29, 0.717) is 12.1 Å². The standard InChI is InChI=1S/C17H21F3N2OS/c18-17(19,20)13-6-4-5-12(11-13)15-22(9-10-24-15)16(23)21-14-7-2-1-3-8-14/h4-6,11,14-15H,1-3,7-10H2,(H,21,23)/t15-/m1/s1. The topological polar surface area (TPSA) is 32.3 Å². The van der Waals surface area contributed by atoms with Gasteiger partial charge in [-0.2, -0.15) is 13.2 Å². The first-order valence-corrected chi connectivity index (χ1v) is 9.36. The molecule has 2 aliphatic rings. The molecular formula is C17H21F3N2OS. The van der Waals surface area contributed by atoms with E-state index in [9.17, 15) is 18.0 Å². The summed E-state index contributed by atoms with van der Waals surface area (Å²) in [5, 5.41) is 2.71. The van der Waals surface area contributed by atoms with Crippen molar-refractivity contribution in [3.8, 4) is 0 Å². The third kappa shape index (κ3) is 3.99. The van der Waals surface area contributed by atoms with Gasteiger partial charge in [-0.25, -0.2) is 4.79 Å². The quantitative estimate of drug-likeness (QED) is 0.824. The molecule has 7 heteroatoms. The lowest BCUT2D eigenvalue weighted by molar-refractivity contribution is -0.137. The number of urea groups is 1. The fourth-order valence-electron chi connectivity index (χ4n) is 3.33. The van der Waals surface area contributed by atoms with Gasteiger partial charge in [0.25, 0.3) is 0 Å². The van der Waals surface area contributed by atoms with Crippen LogP contribution in [0.3, 0.4) is 0 Å². The molecule has 1 N–H and O–H groups in total. The lowest BCUT2D eigenvalue weighted by atomic mass is 9.96. The lowest BCUT2D eigenvalue weighted by Gasteiger charge is -2.29. The van der Waals surface area contributed by atoms with E-state index in [1.807, 2.05) is 0 Å². The molecule has 132 valence electrons. The van der Waals surface area contributed by atoms with Crippen LogP contribution in [-0.2, 0) is 6.18 Å². The SMILES string of the molecule is O=C(NC1CCCCC1)N1CCS[C@@H]1c1cccc(C(F)(F)F)c1. The second-order valence-electron chi connectivity index (χ2n) is 6.32. The molecule has 1 aliphatic heterocycles. The maximum atomic E-state index is 12.9. The van der Waals surface area contributed by atoms with Gasteiger partial charge in [0.1, 0.15) is 5.37 Å². The number of carbonyl (C=O) groups excluding carboxylic acids is 1. The average molecular weight is 358 g/mol. The Hall–Kier alpha value is -1.37. The van der Waals surface area contributed by atoms with Crippen LogP contribution in [0.25, 0.3) is 0 Å². The minimum atomic E-state index is -4.37. The summed E-state index contributed by atoms with van der Waals surface area (Å²) in [4.78, 5) is 14.2. The van der Waals surface area contributed by atoms with Crippen LogP contribution in [0.4, 0.5) is 18.0 Å². The van der Waals surface area contributed by atoms with Crippen molar-refractivity contribution in [1.29, 1.82) is 0 Å². The fraction of sp³-hybridized carbons (Fsp3) is 0.588. The maximum absolute atomic E-state index is 12.9. The summed E-state index contributed by atoms with van der Waals surface area (Å²) in [5.74, 6) is 0.735. The van der Waals surface area contributed by atoms with Crippen molar-refractivity contribution in [3.05, 3.63) is 35.4 Å². The molecule has 0 aromatic heterocycles. The van der Waals surface area contributed by atoms with Gasteiger partial charge in [0, 0.05) is 18.3 Å². The monoisotopic (exact) mass is 358 g/mol. The number of alkyl halides is 3. The van der Waals surface area contributed by atoms with Crippen LogP contribution in [0, 0.1) is 0 Å². The molecule has 1 heterocycles. The summed E-state index contributed by atoms with van der Waals surface area (Å²) in [5.41, 5.74) is -0.133. The molecule has 1 saturated carbocycles. The van der Waals surface area contributed by atoms with E-state index >= 15 is 0 Å². The van der Waals surface area contributed by atoms with Gasteiger partial charge in [-0.05, 0) is 30.5 Å². The molecule has 3 nitrogen and oxygen atoms in total. The predicted molar refractivity (Wildman–Crippen MR) is 88.8 cm³/mol. The van der Waals surface area contributed by atoms with Crippen molar-refractivity contribution in [3.63, 3.8) is 0 Å². The Balaban J connectivity index is 1.72. The smallest absolute Gasteiger partial charge is 0.335 e. The van der Waals surface area contributed by atoms with E-state index < -0.39 is 11.7 Å². The number of amides is 2. The van der Waals surface area contributed by atoms with Gasteiger partial charge < -0.3 is 10.2 Å². The first-order valence-electron chi connectivity index (χ1n) is 8.31. The Labute approximate surface area is 144 Å². The van der Waals surface area contributed by atoms with Crippen LogP contribution in [0.1, 0.15) is 48.6 Å². The summed E-state index contributed by atoms with van der Waals surface area (Å²) in [7, 11) is 0. The largest absolute Gasteiger partial charge is 0.416 e. The molecular weight excluding hydrogens is 337 g/mol. The molecule has 0 bridgehead atoms. The Morgan fingerprint density at radius 1 is 1.21 bits per heavy atom. The number of hydrogen-bond donors (Lipinski definition) is 1. The van der Waals surface area contributed by atoms with Gasteiger partial charge in [-0.3, -0.25) is 0 Å². The highest BCUT2D eigenvalue weighted by Crippen LogP contribution is 2.40. The second-order valence-corrected chi connectivity index (χ2v) is 7.51. The zero-order valence-electron chi connectivity index (χ0n) is 13.3. The van der Waals surface area contributed by atoms with Crippen molar-refractivity contribution >= 4 is 17.8 Å². The maximum Gasteiger partial charge on any atom is 0.416 e. The summed E-state index contributed by atoms with van der Waals surface area (Å²) in [6.45, 7) is 0.560. The number of carbonyl (C=O) groups is 1. The first-order chi connectivity index (χ1) is 11.4. The number of thioether (sulfide) groups is 1. The van der Waals surface area contributed by atoms with Crippen molar-refractivity contribution in [2.45, 2.75) is 49.7 Å². The summed E-state index contributed by atoms with van der Waals surface area (Å²) >= 11 is 1.51. The van der Waals surface area contributed by atoms with E-state index in [0.717, 1.165) is 43.6 Å². The summed E-state index contributed by atoms with van der Waals surface area (Å²) in [6.07, 6.45) is 1.06. The molecule has 0 unspecified atom stereocenters. The Morgan fingerprint density at radius 2 is 1.96 bits per heavy atom. The molecule has 24 heavy (non-hydrogen) atoms. The van der Waals surface area contributed by atoms with Gasteiger partial charge in [-0.15, -0.1) is 11.8 Å². The Morgan fingerprint density at radius 3 is 2.67 bits per heavy atom. The number of benzene rings is 1. The Kier molecular flexibility index (Phi) is 5.27. The predicted octanol–water partition coefficient (Wildman–Crippen LogP) is 4.80. The van der Waals surface area contributed by atoms with Gasteiger partial charge in [0.05, 0.1) is 5.56 Å². The normalized spacial score (nSPS) is 22.6. The molecule has 3 rings (SSSR count). The van der Waals surface area contributed by atoms with E-state index in [-0.39, 0.29) is 17.4 Å². The van der Waals surface area contributed by atoms with E-state index in [2.05, 4.69) is 5.32 Å². The summed E-state index contributed by atoms with van der Waals surface area (Å²) in [6, 6.07) is 5.33. The number of hydrogen-bond acceptors (Lipinski definition) is 2. The number of nitrogens with one attached hydrogen (secondary N) is 1. The zero-order valence-corrected chi connectivity index (χ0v) is 14.1. The van der Waals surface area contributed by atoms with Crippen molar-refractivity contribution in [2.24, 2.45) is 0 Å². The van der Waals surface area contributed by atoms with Gasteiger partial charge in [0.15, 0.2) is 0 Å². The molecule has 2 fully saturated rings. The zero-order chi connectivity index (χ0) is 17.2. The molecule has 0 radical (unpaired) electrons. The fourth-order valence-corrected chi connectivity index (χ4v) is 4.57. The number of halogens is 3. The van der Waals surface area contributed by atoms with E-state index in [4.69, 9.17) is 0 Å². The van der Waals surface area contributed by atoms with Crippen LogP contribution in [0.5, 0.6) is 0 Å². The van der Waals surface area contributed by atoms with Crippen LogP contribution >= 0.6 is 11.8 Å². The highest BCUT2D eigenvalue weighted by Gasteiger charge is 2.35. The molecule has 1 aromatic rings. The Bertz CT molecular complexity index is 587. The average Bonchev–Trinajstić information content (AvgIpc) is 3.05. The number of rotatable bonds is 2. The molecule has 0 spiro atoms. The first kappa shape index (κ1) is 17.5. The van der Waals surface area contributed by atoms with Crippen LogP contribution in [0.2, 0.25) is 0 Å². The van der Waals surface area contributed by atoms with Crippen molar-refractivity contribution < 1.29 is 18.0 Å². The minimum absolute atomic E-state index is 0.158. The second kappa shape index (κ2) is 7.25. The van der Waals surface area contributed by atoms with Crippen molar-refractivity contribution in [1.82, 2.24) is 10.2 Å². The lowest BCUT2D eigenvalue weighted by Crippen LogP contribution is -2.45. The summed E-state index contributed by atoms with van der Waals surface area (Å²) < 4.78 is 38.8. The highest BCUT2D eigenvalue weighted by molar-refractivity contribution is 7.99. The third-order valence-corrected chi connectivity index (χ3v) is 5.84. The van der Waals surface area contributed by atoms with Gasteiger partial charge >= 0.3 is 12.2 Å². The van der Waals surface area contributed by atoms with E-state index in [1.54, 1.807) is 11.0 Å². The van der Waals surface area contributed by atoms with Crippen molar-refractivity contribution in [2.75, 3.05) is 12.3 Å². The molecule has 2 amide bonds. The molecule has 1 saturated heterocycles. The molecule has 1 aromatic carbocycles. The minimum Gasteiger partial charge on any atom is -0.335 e. The number of nitrogens with zero attached hydrogens (tertiary/aromatic N) is 1. The van der Waals surface area contributed by atoms with Gasteiger partial charge in [-0.1, -0.05) is 31.4 Å². The molecule has 1 aliphatic carbocycles. The molecule has 1 atom stereocenters.